The molecule has 0 aromatic heterocycles. The smallest absolute Gasteiger partial charge is 0.397 e. The van der Waals surface area contributed by atoms with Gasteiger partial charge in [-0.25, -0.2) is 0 Å². The maximum atomic E-state index is 11.9. The molecule has 3 N–H and O–H groups in total. The second-order valence-corrected chi connectivity index (χ2v) is 3.00. The Bertz CT molecular complexity index is 320. The molecule has 2 nitrogen and oxygen atoms in total. The van der Waals surface area contributed by atoms with Crippen LogP contribution in [0.3, 0.4) is 0 Å². The van der Waals surface area contributed by atoms with Crippen molar-refractivity contribution in [1.29, 1.82) is 0 Å². The number of nitrogen functional groups attached to an aromatic ring is 1. The normalized spacial score (nSPS) is 11.4. The van der Waals surface area contributed by atoms with Gasteiger partial charge in [0.05, 0.1) is 11.4 Å². The van der Waals surface area contributed by atoms with E-state index >= 15 is 0 Å². The summed E-state index contributed by atoms with van der Waals surface area (Å²) >= 11 is 0. The quantitative estimate of drug-likeness (QED) is 0.726. The second kappa shape index (κ2) is 3.77. The third-order valence-corrected chi connectivity index (χ3v) is 1.80. The molecular weight excluding hydrogens is 193 g/mol. The van der Waals surface area contributed by atoms with Gasteiger partial charge in [-0.1, -0.05) is 12.1 Å². The molecule has 0 fully saturated rings. The Morgan fingerprint density at radius 3 is 2.57 bits per heavy atom. The maximum absolute atomic E-state index is 11.9. The molecule has 14 heavy (non-hydrogen) atoms. The van der Waals surface area contributed by atoms with E-state index in [1.165, 1.54) is 6.07 Å². The van der Waals surface area contributed by atoms with Crippen molar-refractivity contribution >= 4 is 11.4 Å². The van der Waals surface area contributed by atoms with Gasteiger partial charge in [0.15, 0.2) is 0 Å². The number of hydrogen-bond acceptors (Lipinski definition) is 2. The SMILES string of the molecule is Cc1cccc(NCC(F)(F)F)c1N. The molecule has 1 aromatic rings. The van der Waals surface area contributed by atoms with Gasteiger partial charge in [0.25, 0.3) is 0 Å². The van der Waals surface area contributed by atoms with Crippen LogP contribution in [0.4, 0.5) is 24.5 Å². The number of rotatable bonds is 2. The number of para-hydroxylation sites is 1. The number of benzene rings is 1. The summed E-state index contributed by atoms with van der Waals surface area (Å²) in [5.41, 5.74) is 7.02. The Kier molecular flexibility index (Phi) is 2.88. The third-order valence-electron chi connectivity index (χ3n) is 1.80. The Labute approximate surface area is 79.9 Å². The first-order valence-corrected chi connectivity index (χ1v) is 4.06. The van der Waals surface area contributed by atoms with Crippen LogP contribution in [-0.2, 0) is 0 Å². The lowest BCUT2D eigenvalue weighted by Crippen LogP contribution is -2.21. The fourth-order valence-corrected chi connectivity index (χ4v) is 1.03. The van der Waals surface area contributed by atoms with E-state index in [-0.39, 0.29) is 0 Å². The minimum Gasteiger partial charge on any atom is -0.397 e. The minimum atomic E-state index is -4.23. The van der Waals surface area contributed by atoms with Gasteiger partial charge in [0.2, 0.25) is 0 Å². The fraction of sp³-hybridized carbons (Fsp3) is 0.333. The molecule has 0 spiro atoms. The van der Waals surface area contributed by atoms with Crippen molar-refractivity contribution in [3.8, 4) is 0 Å². The van der Waals surface area contributed by atoms with Gasteiger partial charge in [-0.3, -0.25) is 0 Å². The van der Waals surface area contributed by atoms with Crippen LogP contribution >= 0.6 is 0 Å². The van der Waals surface area contributed by atoms with Crippen molar-refractivity contribution < 1.29 is 13.2 Å². The Hall–Kier alpha value is -1.39. The third kappa shape index (κ3) is 2.83. The van der Waals surface area contributed by atoms with E-state index in [0.717, 1.165) is 5.56 Å². The molecule has 0 saturated carbocycles. The number of anilines is 2. The number of nitrogens with one attached hydrogen (secondary N) is 1. The largest absolute Gasteiger partial charge is 0.405 e. The summed E-state index contributed by atoms with van der Waals surface area (Å²) in [5, 5.41) is 2.24. The molecule has 0 atom stereocenters. The van der Waals surface area contributed by atoms with Gasteiger partial charge in [0, 0.05) is 0 Å². The highest BCUT2D eigenvalue weighted by Gasteiger charge is 2.26. The first-order chi connectivity index (χ1) is 6.40. The summed E-state index contributed by atoms with van der Waals surface area (Å²) in [5.74, 6) is 0. The second-order valence-electron chi connectivity index (χ2n) is 3.00. The van der Waals surface area contributed by atoms with Crippen LogP contribution in [0.1, 0.15) is 5.56 Å². The van der Waals surface area contributed by atoms with E-state index in [2.05, 4.69) is 5.32 Å². The van der Waals surface area contributed by atoms with Gasteiger partial charge in [-0.2, -0.15) is 13.2 Å². The molecule has 0 unspecified atom stereocenters. The zero-order chi connectivity index (χ0) is 10.8. The van der Waals surface area contributed by atoms with E-state index < -0.39 is 12.7 Å². The van der Waals surface area contributed by atoms with Crippen LogP contribution in [0.15, 0.2) is 18.2 Å². The average Bonchev–Trinajstić information content (AvgIpc) is 2.06. The highest BCUT2D eigenvalue weighted by atomic mass is 19.4. The van der Waals surface area contributed by atoms with E-state index in [1.807, 2.05) is 0 Å². The van der Waals surface area contributed by atoms with Gasteiger partial charge in [-0.15, -0.1) is 0 Å². The lowest BCUT2D eigenvalue weighted by molar-refractivity contribution is -0.115. The molecule has 1 aromatic carbocycles. The van der Waals surface area contributed by atoms with Crippen molar-refractivity contribution in [1.82, 2.24) is 0 Å². The molecule has 0 saturated heterocycles. The standard InChI is InChI=1S/C9H11F3N2/c1-6-3-2-4-7(8(6)13)14-5-9(10,11)12/h2-4,14H,5,13H2,1H3. The molecule has 0 amide bonds. The van der Waals surface area contributed by atoms with E-state index in [9.17, 15) is 13.2 Å². The first kappa shape index (κ1) is 10.7. The minimum absolute atomic E-state index is 0.322. The Morgan fingerprint density at radius 2 is 2.00 bits per heavy atom. The van der Waals surface area contributed by atoms with Crippen molar-refractivity contribution in [2.75, 3.05) is 17.6 Å². The average molecular weight is 204 g/mol. The van der Waals surface area contributed by atoms with E-state index in [1.54, 1.807) is 19.1 Å². The van der Waals surface area contributed by atoms with Crippen molar-refractivity contribution in [2.24, 2.45) is 0 Å². The van der Waals surface area contributed by atoms with Crippen LogP contribution < -0.4 is 11.1 Å². The lowest BCUT2D eigenvalue weighted by atomic mass is 10.2. The molecule has 0 heterocycles. The fourth-order valence-electron chi connectivity index (χ4n) is 1.03. The first-order valence-electron chi connectivity index (χ1n) is 4.06. The summed E-state index contributed by atoms with van der Waals surface area (Å²) in [6.45, 7) is 0.675. The van der Waals surface area contributed by atoms with Gasteiger partial charge >= 0.3 is 6.18 Å². The maximum Gasteiger partial charge on any atom is 0.405 e. The van der Waals surface area contributed by atoms with Crippen LogP contribution in [-0.4, -0.2) is 12.7 Å². The van der Waals surface area contributed by atoms with E-state index in [4.69, 9.17) is 5.73 Å². The van der Waals surface area contributed by atoms with Crippen LogP contribution in [0.25, 0.3) is 0 Å². The summed E-state index contributed by atoms with van der Waals surface area (Å²) in [4.78, 5) is 0. The molecular formula is C9H11F3N2. The predicted molar refractivity (Wildman–Crippen MR) is 50.1 cm³/mol. The van der Waals surface area contributed by atoms with Crippen LogP contribution in [0.2, 0.25) is 0 Å². The van der Waals surface area contributed by atoms with Crippen molar-refractivity contribution in [2.45, 2.75) is 13.1 Å². The van der Waals surface area contributed by atoms with Crippen molar-refractivity contribution in [3.63, 3.8) is 0 Å². The van der Waals surface area contributed by atoms with Gasteiger partial charge < -0.3 is 11.1 Å². The molecule has 0 bridgehead atoms. The molecule has 0 aliphatic carbocycles. The van der Waals surface area contributed by atoms with Crippen LogP contribution in [0.5, 0.6) is 0 Å². The summed E-state index contributed by atoms with van der Waals surface area (Å²) in [6, 6.07) is 4.92. The number of hydrogen-bond donors (Lipinski definition) is 2. The Balaban J connectivity index is 2.73. The predicted octanol–water partition coefficient (Wildman–Crippen LogP) is 2.55. The number of halogens is 3. The molecule has 78 valence electrons. The molecule has 0 radical (unpaired) electrons. The molecule has 5 heteroatoms. The molecule has 0 aliphatic rings. The van der Waals surface area contributed by atoms with Crippen molar-refractivity contribution in [3.05, 3.63) is 23.8 Å². The topological polar surface area (TPSA) is 38.0 Å². The summed E-state index contributed by atoms with van der Waals surface area (Å²) in [6.07, 6.45) is -4.23. The Morgan fingerprint density at radius 1 is 1.36 bits per heavy atom. The number of alkyl halides is 3. The monoisotopic (exact) mass is 204 g/mol. The number of nitrogens with two attached hydrogens (primary N) is 1. The zero-order valence-corrected chi connectivity index (χ0v) is 7.65. The highest BCUT2D eigenvalue weighted by Crippen LogP contribution is 2.23. The number of aryl methyl sites for hydroxylation is 1. The van der Waals surface area contributed by atoms with E-state index in [0.29, 0.717) is 11.4 Å². The summed E-state index contributed by atoms with van der Waals surface area (Å²) in [7, 11) is 0. The molecule has 0 aliphatic heterocycles. The lowest BCUT2D eigenvalue weighted by Gasteiger charge is -2.12. The molecule has 1 rings (SSSR count). The zero-order valence-electron chi connectivity index (χ0n) is 7.65. The van der Waals surface area contributed by atoms with Crippen LogP contribution in [0, 0.1) is 6.92 Å². The van der Waals surface area contributed by atoms with Gasteiger partial charge in [-0.05, 0) is 18.6 Å². The van der Waals surface area contributed by atoms with Gasteiger partial charge in [0.1, 0.15) is 6.54 Å². The highest BCUT2D eigenvalue weighted by molar-refractivity contribution is 5.69. The summed E-state index contributed by atoms with van der Waals surface area (Å²) < 4.78 is 35.6.